The van der Waals surface area contributed by atoms with Gasteiger partial charge in [0.25, 0.3) is 5.91 Å². The van der Waals surface area contributed by atoms with Gasteiger partial charge in [-0.15, -0.1) is 0 Å². The third-order valence-corrected chi connectivity index (χ3v) is 7.14. The summed E-state index contributed by atoms with van der Waals surface area (Å²) in [6.45, 7) is 4.78. The van der Waals surface area contributed by atoms with Crippen LogP contribution in [0.4, 0.5) is 0 Å². The molecule has 2 aromatic carbocycles. The quantitative estimate of drug-likeness (QED) is 0.572. The Balaban J connectivity index is 1.23. The largest absolute Gasteiger partial charge is 0.368 e. The number of likely N-dealkylation sites (tertiary alicyclic amines) is 1. The molecule has 0 N–H and O–H groups in total. The van der Waals surface area contributed by atoms with Crippen molar-refractivity contribution in [3.05, 3.63) is 66.4 Å². The predicted molar refractivity (Wildman–Crippen MR) is 124 cm³/mol. The standard InChI is InChI=1S/C27H30N2O2/c1-19(21-12-15-29(16-13-21)27(30)26-5-3-17-31-26)20-6-8-22(9-7-20)24-11-10-23-4-2-14-28-25(23)18-24/h2,4,6-11,14,18-19,21,26H,3,5,12-13,15-17H2,1H3/t19-,26+/m0/s1. The number of aromatic nitrogens is 1. The van der Waals surface area contributed by atoms with E-state index in [0.29, 0.717) is 11.8 Å². The third kappa shape index (κ3) is 4.22. The van der Waals surface area contributed by atoms with Crippen molar-refractivity contribution in [1.29, 1.82) is 0 Å². The topological polar surface area (TPSA) is 42.4 Å². The Labute approximate surface area is 184 Å². The van der Waals surface area contributed by atoms with Gasteiger partial charge in [-0.2, -0.15) is 0 Å². The number of nitrogens with zero attached hydrogens (tertiary/aromatic N) is 2. The minimum Gasteiger partial charge on any atom is -0.368 e. The van der Waals surface area contributed by atoms with E-state index in [9.17, 15) is 4.79 Å². The summed E-state index contributed by atoms with van der Waals surface area (Å²) in [7, 11) is 0. The second-order valence-electron chi connectivity index (χ2n) is 8.99. The number of fused-ring (bicyclic) bond motifs is 1. The minimum atomic E-state index is -0.188. The summed E-state index contributed by atoms with van der Waals surface area (Å²) in [5.74, 6) is 1.31. The molecule has 4 heteroatoms. The number of piperidine rings is 1. The van der Waals surface area contributed by atoms with Gasteiger partial charge < -0.3 is 9.64 Å². The molecule has 3 aromatic rings. The Bertz CT molecular complexity index is 1050. The first-order valence-corrected chi connectivity index (χ1v) is 11.5. The van der Waals surface area contributed by atoms with Crippen LogP contribution in [-0.4, -0.2) is 41.6 Å². The molecular formula is C27H30N2O2. The van der Waals surface area contributed by atoms with Gasteiger partial charge in [-0.05, 0) is 66.3 Å². The van der Waals surface area contributed by atoms with Crippen molar-refractivity contribution in [2.75, 3.05) is 19.7 Å². The number of hydrogen-bond donors (Lipinski definition) is 0. The summed E-state index contributed by atoms with van der Waals surface area (Å²) < 4.78 is 5.59. The van der Waals surface area contributed by atoms with Gasteiger partial charge in [-0.1, -0.05) is 49.4 Å². The van der Waals surface area contributed by atoms with Crippen LogP contribution in [0.2, 0.25) is 0 Å². The molecule has 0 unspecified atom stereocenters. The summed E-state index contributed by atoms with van der Waals surface area (Å²) in [5.41, 5.74) is 4.83. The number of pyridine rings is 1. The molecule has 4 nitrogen and oxygen atoms in total. The Morgan fingerprint density at radius 3 is 2.55 bits per heavy atom. The summed E-state index contributed by atoms with van der Waals surface area (Å²) in [6.07, 6.45) is 5.68. The van der Waals surface area contributed by atoms with Crippen LogP contribution in [0.15, 0.2) is 60.8 Å². The van der Waals surface area contributed by atoms with Crippen LogP contribution in [0.5, 0.6) is 0 Å². The van der Waals surface area contributed by atoms with E-state index in [1.165, 1.54) is 22.1 Å². The molecular weight excluding hydrogens is 384 g/mol. The van der Waals surface area contributed by atoms with Crippen LogP contribution in [0, 0.1) is 5.92 Å². The molecule has 2 aliphatic heterocycles. The average molecular weight is 415 g/mol. The molecule has 2 saturated heterocycles. The van der Waals surface area contributed by atoms with Crippen LogP contribution in [0.25, 0.3) is 22.0 Å². The maximum Gasteiger partial charge on any atom is 0.251 e. The van der Waals surface area contributed by atoms with Gasteiger partial charge in [0.1, 0.15) is 6.10 Å². The van der Waals surface area contributed by atoms with E-state index in [1.807, 2.05) is 17.2 Å². The Kier molecular flexibility index (Phi) is 5.73. The molecule has 0 spiro atoms. The highest BCUT2D eigenvalue weighted by Crippen LogP contribution is 2.34. The normalized spacial score (nSPS) is 20.8. The molecule has 1 aromatic heterocycles. The predicted octanol–water partition coefficient (Wildman–Crippen LogP) is 5.42. The Hall–Kier alpha value is -2.72. The molecule has 0 aliphatic carbocycles. The monoisotopic (exact) mass is 414 g/mol. The second-order valence-corrected chi connectivity index (χ2v) is 8.99. The Morgan fingerprint density at radius 1 is 1.03 bits per heavy atom. The van der Waals surface area contributed by atoms with Gasteiger partial charge in [0, 0.05) is 31.3 Å². The van der Waals surface area contributed by atoms with Gasteiger partial charge in [0.2, 0.25) is 0 Å². The molecule has 0 bridgehead atoms. The molecule has 0 radical (unpaired) electrons. The maximum absolute atomic E-state index is 12.6. The Morgan fingerprint density at radius 2 is 1.81 bits per heavy atom. The fraction of sp³-hybridized carbons (Fsp3) is 0.407. The number of carbonyl (C=O) groups is 1. The van der Waals surface area contributed by atoms with Crippen LogP contribution in [0.3, 0.4) is 0 Å². The third-order valence-electron chi connectivity index (χ3n) is 7.14. The van der Waals surface area contributed by atoms with Gasteiger partial charge in [0.05, 0.1) is 5.52 Å². The molecule has 2 aliphatic rings. The van der Waals surface area contributed by atoms with Crippen molar-refractivity contribution in [2.45, 2.75) is 44.6 Å². The molecule has 3 heterocycles. The van der Waals surface area contributed by atoms with Crippen molar-refractivity contribution in [3.63, 3.8) is 0 Å². The lowest BCUT2D eigenvalue weighted by atomic mass is 9.81. The van der Waals surface area contributed by atoms with Crippen LogP contribution < -0.4 is 0 Å². The van der Waals surface area contributed by atoms with E-state index in [2.05, 4.69) is 60.4 Å². The molecule has 0 saturated carbocycles. The molecule has 5 rings (SSSR count). The van der Waals surface area contributed by atoms with Crippen molar-refractivity contribution < 1.29 is 9.53 Å². The maximum atomic E-state index is 12.6. The molecule has 2 atom stereocenters. The van der Waals surface area contributed by atoms with Crippen LogP contribution in [0.1, 0.15) is 44.1 Å². The van der Waals surface area contributed by atoms with Crippen molar-refractivity contribution >= 4 is 16.8 Å². The van der Waals surface area contributed by atoms with E-state index in [-0.39, 0.29) is 12.0 Å². The first-order valence-electron chi connectivity index (χ1n) is 11.5. The van der Waals surface area contributed by atoms with E-state index in [4.69, 9.17) is 4.74 Å². The van der Waals surface area contributed by atoms with E-state index in [0.717, 1.165) is 50.9 Å². The van der Waals surface area contributed by atoms with Crippen molar-refractivity contribution in [2.24, 2.45) is 5.92 Å². The lowest BCUT2D eigenvalue weighted by molar-refractivity contribution is -0.142. The second kappa shape index (κ2) is 8.80. The fourth-order valence-electron chi connectivity index (χ4n) is 5.09. The van der Waals surface area contributed by atoms with Gasteiger partial charge in [-0.25, -0.2) is 0 Å². The van der Waals surface area contributed by atoms with E-state index >= 15 is 0 Å². The average Bonchev–Trinajstić information content (AvgIpc) is 3.38. The first kappa shape index (κ1) is 20.2. The lowest BCUT2D eigenvalue weighted by Gasteiger charge is -2.36. The number of hydrogen-bond acceptors (Lipinski definition) is 3. The number of amides is 1. The first-order chi connectivity index (χ1) is 15.2. The van der Waals surface area contributed by atoms with Gasteiger partial charge in [-0.3, -0.25) is 9.78 Å². The van der Waals surface area contributed by atoms with Gasteiger partial charge in [0.15, 0.2) is 0 Å². The zero-order valence-corrected chi connectivity index (χ0v) is 18.2. The molecule has 2 fully saturated rings. The highest BCUT2D eigenvalue weighted by atomic mass is 16.5. The minimum absolute atomic E-state index is 0.188. The summed E-state index contributed by atoms with van der Waals surface area (Å²) in [6, 6.07) is 19.5. The summed E-state index contributed by atoms with van der Waals surface area (Å²) in [5, 5.41) is 1.17. The SMILES string of the molecule is C[C@@H](c1ccc(-c2ccc3cccnc3c2)cc1)C1CCN(C(=O)[C@H]2CCCO2)CC1. The number of ether oxygens (including phenoxy) is 1. The summed E-state index contributed by atoms with van der Waals surface area (Å²) >= 11 is 0. The van der Waals surface area contributed by atoms with Crippen molar-refractivity contribution in [3.8, 4) is 11.1 Å². The molecule has 160 valence electrons. The van der Waals surface area contributed by atoms with E-state index < -0.39 is 0 Å². The summed E-state index contributed by atoms with van der Waals surface area (Å²) in [4.78, 5) is 19.1. The number of carbonyl (C=O) groups excluding carboxylic acids is 1. The zero-order valence-electron chi connectivity index (χ0n) is 18.2. The highest BCUT2D eigenvalue weighted by Gasteiger charge is 2.32. The molecule has 31 heavy (non-hydrogen) atoms. The highest BCUT2D eigenvalue weighted by molar-refractivity contribution is 5.84. The van der Waals surface area contributed by atoms with Crippen LogP contribution in [-0.2, 0) is 9.53 Å². The lowest BCUT2D eigenvalue weighted by Crippen LogP contribution is -2.44. The van der Waals surface area contributed by atoms with Crippen molar-refractivity contribution in [1.82, 2.24) is 9.88 Å². The smallest absolute Gasteiger partial charge is 0.251 e. The number of benzene rings is 2. The van der Waals surface area contributed by atoms with Gasteiger partial charge >= 0.3 is 0 Å². The number of rotatable bonds is 4. The van der Waals surface area contributed by atoms with E-state index in [1.54, 1.807) is 0 Å². The van der Waals surface area contributed by atoms with Crippen LogP contribution >= 0.6 is 0 Å². The molecule has 1 amide bonds. The fourth-order valence-corrected chi connectivity index (χ4v) is 5.09. The zero-order chi connectivity index (χ0) is 21.2.